The number of aromatic nitrogens is 2. The van der Waals surface area contributed by atoms with Gasteiger partial charge in [0, 0.05) is 19.5 Å². The van der Waals surface area contributed by atoms with Crippen LogP contribution in [0.5, 0.6) is 0 Å². The number of hydrogen-bond donors (Lipinski definition) is 1. The molecule has 3 rings (SSSR count). The number of halogens is 1. The van der Waals surface area contributed by atoms with Crippen molar-refractivity contribution in [1.82, 2.24) is 15.1 Å². The summed E-state index contributed by atoms with van der Waals surface area (Å²) in [5.41, 5.74) is 2.14. The fraction of sp³-hybridized carbons (Fsp3) is 0.812. The molecule has 0 amide bonds. The molecule has 0 bridgehead atoms. The summed E-state index contributed by atoms with van der Waals surface area (Å²) in [5, 5.41) is 9.02. The highest BCUT2D eigenvalue weighted by atomic mass is 35.5. The van der Waals surface area contributed by atoms with E-state index in [2.05, 4.69) is 17.3 Å². The molecule has 3 atom stereocenters. The molecule has 1 heterocycles. The Kier molecular flexibility index (Phi) is 4.09. The highest BCUT2D eigenvalue weighted by Crippen LogP contribution is 2.57. The number of nitrogens with zero attached hydrogens (tertiary/aromatic N) is 2. The first kappa shape index (κ1) is 14.4. The van der Waals surface area contributed by atoms with Crippen LogP contribution in [0.2, 0.25) is 5.02 Å². The fourth-order valence-corrected chi connectivity index (χ4v) is 4.60. The number of likely N-dealkylation sites (N-methyl/N-ethyl adjacent to an activating group) is 1. The van der Waals surface area contributed by atoms with Gasteiger partial charge in [0.25, 0.3) is 0 Å². The molecule has 2 saturated carbocycles. The molecule has 1 N–H and O–H groups in total. The summed E-state index contributed by atoms with van der Waals surface area (Å²) in [4.78, 5) is 0. The Balaban J connectivity index is 1.75. The maximum absolute atomic E-state index is 6.43. The number of fused-ring (bicyclic) bond motifs is 1. The summed E-state index contributed by atoms with van der Waals surface area (Å²) >= 11 is 6.43. The second-order valence-corrected chi connectivity index (χ2v) is 6.91. The molecule has 20 heavy (non-hydrogen) atoms. The molecule has 0 saturated heterocycles. The van der Waals surface area contributed by atoms with Crippen LogP contribution in [0, 0.1) is 24.7 Å². The van der Waals surface area contributed by atoms with Crippen LogP contribution in [0.1, 0.15) is 44.0 Å². The number of aryl methyl sites for hydroxylation is 2. The SMILES string of the molecule is CCNC(Cc1c(Cl)c(C)nn1C)C1C2CCCCC21. The van der Waals surface area contributed by atoms with Crippen molar-refractivity contribution >= 4 is 11.6 Å². The highest BCUT2D eigenvalue weighted by molar-refractivity contribution is 6.31. The van der Waals surface area contributed by atoms with Gasteiger partial charge in [-0.05, 0) is 44.1 Å². The zero-order valence-corrected chi connectivity index (χ0v) is 13.6. The topological polar surface area (TPSA) is 29.9 Å². The lowest BCUT2D eigenvalue weighted by atomic mass is 10.0. The molecule has 1 aromatic rings. The van der Waals surface area contributed by atoms with Crippen LogP contribution < -0.4 is 5.32 Å². The molecule has 112 valence electrons. The van der Waals surface area contributed by atoms with Gasteiger partial charge in [-0.15, -0.1) is 0 Å². The minimum atomic E-state index is 0.570. The van der Waals surface area contributed by atoms with Crippen molar-refractivity contribution < 1.29 is 0 Å². The zero-order chi connectivity index (χ0) is 14.3. The second-order valence-electron chi connectivity index (χ2n) is 6.53. The molecule has 4 heteroatoms. The minimum Gasteiger partial charge on any atom is -0.314 e. The average Bonchev–Trinajstić information content (AvgIpc) is 3.11. The first-order valence-electron chi connectivity index (χ1n) is 8.04. The third kappa shape index (κ3) is 2.50. The quantitative estimate of drug-likeness (QED) is 0.903. The lowest BCUT2D eigenvalue weighted by Gasteiger charge is -2.19. The molecule has 3 unspecified atom stereocenters. The van der Waals surface area contributed by atoms with Crippen LogP contribution in [-0.2, 0) is 13.5 Å². The average molecular weight is 296 g/mol. The Morgan fingerprint density at radius 3 is 2.50 bits per heavy atom. The van der Waals surface area contributed by atoms with E-state index in [1.54, 1.807) is 0 Å². The molecule has 2 fully saturated rings. The summed E-state index contributed by atoms with van der Waals surface area (Å²) in [5.74, 6) is 2.81. The highest BCUT2D eigenvalue weighted by Gasteiger charge is 2.53. The fourth-order valence-electron chi connectivity index (χ4n) is 4.36. The van der Waals surface area contributed by atoms with Crippen LogP contribution in [0.4, 0.5) is 0 Å². The van der Waals surface area contributed by atoms with E-state index < -0.39 is 0 Å². The van der Waals surface area contributed by atoms with E-state index in [1.807, 2.05) is 18.7 Å². The maximum Gasteiger partial charge on any atom is 0.0847 e. The zero-order valence-electron chi connectivity index (χ0n) is 12.8. The van der Waals surface area contributed by atoms with Crippen molar-refractivity contribution in [1.29, 1.82) is 0 Å². The lowest BCUT2D eigenvalue weighted by molar-refractivity contribution is 0.428. The largest absolute Gasteiger partial charge is 0.314 e. The molecule has 2 aliphatic carbocycles. The van der Waals surface area contributed by atoms with E-state index in [9.17, 15) is 0 Å². The molecule has 0 radical (unpaired) electrons. The molecule has 1 aromatic heterocycles. The molecular weight excluding hydrogens is 270 g/mol. The van der Waals surface area contributed by atoms with E-state index >= 15 is 0 Å². The molecule has 3 nitrogen and oxygen atoms in total. The van der Waals surface area contributed by atoms with Crippen molar-refractivity contribution in [2.75, 3.05) is 6.54 Å². The van der Waals surface area contributed by atoms with Crippen molar-refractivity contribution in [3.63, 3.8) is 0 Å². The number of rotatable bonds is 5. The predicted molar refractivity (Wildman–Crippen MR) is 83.1 cm³/mol. The van der Waals surface area contributed by atoms with Crippen LogP contribution in [-0.4, -0.2) is 22.4 Å². The third-order valence-electron chi connectivity index (χ3n) is 5.33. The van der Waals surface area contributed by atoms with Gasteiger partial charge in [-0.25, -0.2) is 0 Å². The van der Waals surface area contributed by atoms with Gasteiger partial charge < -0.3 is 5.32 Å². The third-order valence-corrected chi connectivity index (χ3v) is 5.82. The summed E-state index contributed by atoms with van der Waals surface area (Å²) in [6, 6.07) is 0.570. The predicted octanol–water partition coefficient (Wildman–Crippen LogP) is 3.34. The first-order chi connectivity index (χ1) is 9.63. The van der Waals surface area contributed by atoms with Gasteiger partial charge >= 0.3 is 0 Å². The Morgan fingerprint density at radius 1 is 1.35 bits per heavy atom. The lowest BCUT2D eigenvalue weighted by Crippen LogP contribution is -2.34. The summed E-state index contributed by atoms with van der Waals surface area (Å²) in [7, 11) is 2.01. The van der Waals surface area contributed by atoms with E-state index in [0.717, 1.165) is 41.4 Å². The molecular formula is C16H26ClN3. The Hall–Kier alpha value is -0.540. The Morgan fingerprint density at radius 2 is 2.00 bits per heavy atom. The van der Waals surface area contributed by atoms with Gasteiger partial charge in [0.2, 0.25) is 0 Å². The maximum atomic E-state index is 6.43. The standard InChI is InChI=1S/C16H26ClN3/c1-4-18-13(15-11-7-5-6-8-12(11)15)9-14-16(17)10(2)19-20(14)3/h11-13,15,18H,4-9H2,1-3H3. The van der Waals surface area contributed by atoms with Crippen molar-refractivity contribution in [2.45, 2.75) is 52.0 Å². The molecule has 0 aromatic carbocycles. The normalized spacial score (nSPS) is 30.1. The van der Waals surface area contributed by atoms with E-state index in [4.69, 9.17) is 11.6 Å². The van der Waals surface area contributed by atoms with E-state index in [1.165, 1.54) is 31.4 Å². The van der Waals surface area contributed by atoms with E-state index in [-0.39, 0.29) is 0 Å². The minimum absolute atomic E-state index is 0.570. The van der Waals surface area contributed by atoms with Crippen LogP contribution in [0.3, 0.4) is 0 Å². The van der Waals surface area contributed by atoms with Gasteiger partial charge in [0.15, 0.2) is 0 Å². The van der Waals surface area contributed by atoms with Crippen molar-refractivity contribution in [2.24, 2.45) is 24.8 Å². The van der Waals surface area contributed by atoms with Crippen molar-refractivity contribution in [3.05, 3.63) is 16.4 Å². The number of hydrogen-bond acceptors (Lipinski definition) is 2. The molecule has 0 aliphatic heterocycles. The van der Waals surface area contributed by atoms with E-state index in [0.29, 0.717) is 6.04 Å². The summed E-state index contributed by atoms with van der Waals surface area (Å²) < 4.78 is 1.97. The molecule has 0 spiro atoms. The summed E-state index contributed by atoms with van der Waals surface area (Å²) in [6.07, 6.45) is 6.76. The molecule has 2 aliphatic rings. The van der Waals surface area contributed by atoms with Crippen LogP contribution >= 0.6 is 11.6 Å². The Labute approximate surface area is 127 Å². The van der Waals surface area contributed by atoms with Gasteiger partial charge in [0.1, 0.15) is 0 Å². The number of nitrogens with one attached hydrogen (secondary N) is 1. The van der Waals surface area contributed by atoms with Gasteiger partial charge in [-0.2, -0.15) is 5.10 Å². The van der Waals surface area contributed by atoms with Gasteiger partial charge in [-0.1, -0.05) is 31.4 Å². The van der Waals surface area contributed by atoms with Gasteiger partial charge in [0.05, 0.1) is 16.4 Å². The van der Waals surface area contributed by atoms with Crippen LogP contribution in [0.15, 0.2) is 0 Å². The van der Waals surface area contributed by atoms with Gasteiger partial charge in [-0.3, -0.25) is 4.68 Å². The van der Waals surface area contributed by atoms with Crippen LogP contribution in [0.25, 0.3) is 0 Å². The first-order valence-corrected chi connectivity index (χ1v) is 8.42. The van der Waals surface area contributed by atoms with Crippen molar-refractivity contribution in [3.8, 4) is 0 Å². The second kappa shape index (κ2) is 5.69. The monoisotopic (exact) mass is 295 g/mol. The summed E-state index contributed by atoms with van der Waals surface area (Å²) in [6.45, 7) is 5.23. The Bertz CT molecular complexity index is 470. The smallest absolute Gasteiger partial charge is 0.0847 e.